The number of carboxylic acid groups (broad SMARTS) is 1. The van der Waals surface area contributed by atoms with Crippen LogP contribution in [0.3, 0.4) is 0 Å². The van der Waals surface area contributed by atoms with E-state index in [0.717, 1.165) is 5.56 Å². The maximum Gasteiger partial charge on any atom is 0.337 e. The SMILES string of the molecule is O=C1C=C2C(=C(c3c(Cl)c(Cl)c(Cl)c(Cl)c3C(=O)O)c3cc(I)c(O)c(I)c3C2I)C=C1I. The molecule has 0 fully saturated rings. The summed E-state index contributed by atoms with van der Waals surface area (Å²) in [4.78, 5) is 24.9. The molecule has 2 N–H and O–H groups in total. The minimum Gasteiger partial charge on any atom is -0.506 e. The monoisotopic (exact) mass is 970 g/mol. The van der Waals surface area contributed by atoms with Crippen molar-refractivity contribution >= 4 is 154 Å². The Morgan fingerprint density at radius 1 is 0.970 bits per heavy atom. The van der Waals surface area contributed by atoms with E-state index in [4.69, 9.17) is 46.4 Å². The van der Waals surface area contributed by atoms with Crippen molar-refractivity contribution in [2.75, 3.05) is 0 Å². The van der Waals surface area contributed by atoms with E-state index in [1.165, 1.54) is 6.08 Å². The summed E-state index contributed by atoms with van der Waals surface area (Å²) < 4.78 is 1.32. The van der Waals surface area contributed by atoms with Crippen molar-refractivity contribution in [3.05, 3.63) is 82.4 Å². The van der Waals surface area contributed by atoms with Crippen LogP contribution in [-0.2, 0) is 4.79 Å². The van der Waals surface area contributed by atoms with E-state index in [2.05, 4.69) is 22.6 Å². The summed E-state index contributed by atoms with van der Waals surface area (Å²) >= 11 is 33.7. The van der Waals surface area contributed by atoms with Gasteiger partial charge in [-0.05, 0) is 114 Å². The van der Waals surface area contributed by atoms with Gasteiger partial charge in [-0.1, -0.05) is 69.0 Å². The van der Waals surface area contributed by atoms with Gasteiger partial charge in [0, 0.05) is 5.56 Å². The van der Waals surface area contributed by atoms with Crippen LogP contribution in [0.1, 0.15) is 31.0 Å². The van der Waals surface area contributed by atoms with Gasteiger partial charge in [0.05, 0.1) is 40.3 Å². The number of ketones is 1. The van der Waals surface area contributed by atoms with E-state index in [-0.39, 0.29) is 46.7 Å². The van der Waals surface area contributed by atoms with Crippen LogP contribution in [0.4, 0.5) is 0 Å². The summed E-state index contributed by atoms with van der Waals surface area (Å²) in [6.07, 6.45) is 3.23. The van der Waals surface area contributed by atoms with Crippen LogP contribution in [0, 0.1) is 7.14 Å². The zero-order chi connectivity index (χ0) is 24.5. The van der Waals surface area contributed by atoms with E-state index in [1.807, 2.05) is 67.8 Å². The molecule has 12 heteroatoms. The Labute approximate surface area is 262 Å². The molecule has 0 amide bonds. The number of carbonyl (C=O) groups excluding carboxylic acids is 1. The van der Waals surface area contributed by atoms with Crippen molar-refractivity contribution in [3.8, 4) is 5.75 Å². The molecule has 0 radical (unpaired) electrons. The van der Waals surface area contributed by atoms with Gasteiger partial charge < -0.3 is 10.2 Å². The van der Waals surface area contributed by atoms with E-state index in [9.17, 15) is 19.8 Å². The largest absolute Gasteiger partial charge is 0.506 e. The molecule has 0 bridgehead atoms. The summed E-state index contributed by atoms with van der Waals surface area (Å²) in [6, 6.07) is 1.76. The first-order valence-electron chi connectivity index (χ1n) is 8.71. The molecule has 4 nitrogen and oxygen atoms in total. The summed E-state index contributed by atoms with van der Waals surface area (Å²) in [7, 11) is 0. The fourth-order valence-corrected chi connectivity index (χ4v) is 8.95. The molecule has 0 saturated heterocycles. The normalized spacial score (nSPS) is 17.5. The number of carbonyl (C=O) groups is 2. The first-order valence-corrected chi connectivity index (χ1v) is 14.7. The number of aromatic carboxylic acids is 1. The minimum absolute atomic E-state index is 0.0680. The van der Waals surface area contributed by atoms with E-state index in [0.29, 0.717) is 33.0 Å². The lowest BCUT2D eigenvalue weighted by Gasteiger charge is -2.33. The zero-order valence-electron chi connectivity index (χ0n) is 15.5. The third-order valence-electron chi connectivity index (χ3n) is 5.13. The lowest BCUT2D eigenvalue weighted by Crippen LogP contribution is -2.18. The van der Waals surface area contributed by atoms with Crippen molar-refractivity contribution in [2.24, 2.45) is 0 Å². The van der Waals surface area contributed by atoms with Crippen LogP contribution in [0.15, 0.2) is 32.9 Å². The lowest BCUT2D eigenvalue weighted by molar-refractivity contribution is -0.110. The molecule has 2 aromatic carbocycles. The number of benzene rings is 2. The van der Waals surface area contributed by atoms with Crippen molar-refractivity contribution in [1.29, 1.82) is 0 Å². The van der Waals surface area contributed by atoms with Gasteiger partial charge in [-0.15, -0.1) is 0 Å². The highest BCUT2D eigenvalue weighted by atomic mass is 127. The molecule has 0 spiro atoms. The van der Waals surface area contributed by atoms with Gasteiger partial charge in [-0.3, -0.25) is 4.79 Å². The number of carboxylic acids is 1. The minimum atomic E-state index is -1.33. The number of hydrogen-bond acceptors (Lipinski definition) is 3. The maximum absolute atomic E-state index is 12.5. The Balaban J connectivity index is 2.30. The van der Waals surface area contributed by atoms with E-state index < -0.39 is 5.97 Å². The van der Waals surface area contributed by atoms with Crippen LogP contribution >= 0.6 is 137 Å². The molecular formula is C21H6Cl4I4O4. The molecule has 170 valence electrons. The third kappa shape index (κ3) is 4.29. The van der Waals surface area contributed by atoms with E-state index >= 15 is 0 Å². The summed E-state index contributed by atoms with van der Waals surface area (Å²) in [5.74, 6) is -1.40. The number of aromatic hydroxyl groups is 1. The molecule has 4 rings (SSSR count). The Bertz CT molecular complexity index is 1410. The predicted molar refractivity (Wildman–Crippen MR) is 165 cm³/mol. The van der Waals surface area contributed by atoms with E-state index in [1.54, 1.807) is 12.1 Å². The number of allylic oxidation sites excluding steroid dienone is 5. The van der Waals surface area contributed by atoms with Gasteiger partial charge in [0.1, 0.15) is 5.75 Å². The number of phenols is 1. The quantitative estimate of drug-likeness (QED) is 0.137. The number of rotatable bonds is 2. The lowest BCUT2D eigenvalue weighted by atomic mass is 9.76. The van der Waals surface area contributed by atoms with Gasteiger partial charge in [-0.2, -0.15) is 0 Å². The molecule has 0 saturated carbocycles. The number of fused-ring (bicyclic) bond motifs is 2. The first-order chi connectivity index (χ1) is 15.4. The van der Waals surface area contributed by atoms with Crippen LogP contribution < -0.4 is 0 Å². The molecule has 1 atom stereocenters. The highest BCUT2D eigenvalue weighted by Crippen LogP contribution is 2.56. The van der Waals surface area contributed by atoms with Crippen LogP contribution in [0.5, 0.6) is 5.75 Å². The molecule has 0 aromatic heterocycles. The number of phenolic OH excluding ortho intramolecular Hbond substituents is 1. The van der Waals surface area contributed by atoms with Crippen LogP contribution in [0.25, 0.3) is 5.57 Å². The molecule has 2 aromatic rings. The maximum atomic E-state index is 12.5. The highest BCUT2D eigenvalue weighted by molar-refractivity contribution is 14.1. The topological polar surface area (TPSA) is 74.6 Å². The number of hydrogen-bond donors (Lipinski definition) is 2. The first kappa shape index (κ1) is 26.7. The van der Waals surface area contributed by atoms with Crippen molar-refractivity contribution < 1.29 is 19.8 Å². The standard InChI is InChI=1S/C21H6Cl4I4O4/c22-14-12(13(21(32)33)15(23)17(25)16(14)24)10-4-1-7(26)9(30)3-5(4)18(28)11-6(10)2-8(27)20(31)19(11)29/h1-3,18,31H,(H,32,33). The van der Waals surface area contributed by atoms with Gasteiger partial charge in [0.15, 0.2) is 5.78 Å². The molecule has 0 heterocycles. The second kappa shape index (κ2) is 9.86. The van der Waals surface area contributed by atoms with Gasteiger partial charge in [0.25, 0.3) is 0 Å². The predicted octanol–water partition coefficient (Wildman–Crippen LogP) is 9.03. The number of alkyl halides is 1. The van der Waals surface area contributed by atoms with Crippen molar-refractivity contribution in [3.63, 3.8) is 0 Å². The molecule has 33 heavy (non-hydrogen) atoms. The van der Waals surface area contributed by atoms with Gasteiger partial charge >= 0.3 is 5.97 Å². The molecule has 0 aliphatic heterocycles. The fourth-order valence-electron chi connectivity index (χ4n) is 3.71. The number of halogens is 8. The Morgan fingerprint density at radius 2 is 1.58 bits per heavy atom. The van der Waals surface area contributed by atoms with Gasteiger partial charge in [-0.25, -0.2) is 4.79 Å². The Hall–Kier alpha value is 0.680. The Morgan fingerprint density at radius 3 is 2.18 bits per heavy atom. The van der Waals surface area contributed by atoms with Crippen LogP contribution in [-0.4, -0.2) is 22.0 Å². The van der Waals surface area contributed by atoms with Crippen molar-refractivity contribution in [1.82, 2.24) is 0 Å². The summed E-state index contributed by atoms with van der Waals surface area (Å²) in [5.41, 5.74) is 2.92. The smallest absolute Gasteiger partial charge is 0.337 e. The summed E-state index contributed by atoms with van der Waals surface area (Å²) in [6.45, 7) is 0. The summed E-state index contributed by atoms with van der Waals surface area (Å²) in [5, 5.41) is 20.2. The zero-order valence-corrected chi connectivity index (χ0v) is 27.2. The second-order valence-corrected chi connectivity index (χ2v) is 13.1. The van der Waals surface area contributed by atoms with Crippen LogP contribution in [0.2, 0.25) is 20.1 Å². The van der Waals surface area contributed by atoms with Gasteiger partial charge in [0.2, 0.25) is 0 Å². The highest BCUT2D eigenvalue weighted by Gasteiger charge is 2.38. The molecule has 2 aliphatic carbocycles. The average Bonchev–Trinajstić information content (AvgIpc) is 2.75. The third-order valence-corrected chi connectivity index (χ3v) is 11.0. The average molecular weight is 972 g/mol. The second-order valence-electron chi connectivity index (χ2n) is 6.90. The Kier molecular flexibility index (Phi) is 7.99. The van der Waals surface area contributed by atoms with Crippen molar-refractivity contribution in [2.45, 2.75) is 3.92 Å². The molecule has 1 unspecified atom stereocenters. The molecule has 2 aliphatic rings. The molecular weight excluding hydrogens is 966 g/mol. The fraction of sp³-hybridized carbons (Fsp3) is 0.0476.